The standard InChI is InChI=1S/C22H30O3/c1-5-16(6-2)21(24)15-25-20-13-9-18(10-14-20)22(3,4)17-7-11-19(23)12-8-17/h7-14,16,21,23-24H,5-6,15H2,1-4H3. The molecule has 0 spiro atoms. The third-order valence-electron chi connectivity index (χ3n) is 5.18. The molecule has 0 aliphatic carbocycles. The van der Waals surface area contributed by atoms with Gasteiger partial charge in [0, 0.05) is 5.41 Å². The summed E-state index contributed by atoms with van der Waals surface area (Å²) in [7, 11) is 0. The van der Waals surface area contributed by atoms with Crippen LogP contribution in [-0.2, 0) is 5.41 Å². The molecule has 0 bridgehead atoms. The Morgan fingerprint density at radius 3 is 1.84 bits per heavy atom. The van der Waals surface area contributed by atoms with E-state index < -0.39 is 6.10 Å². The van der Waals surface area contributed by atoms with Crippen molar-refractivity contribution in [3.05, 3.63) is 59.7 Å². The minimum absolute atomic E-state index is 0.165. The molecule has 0 saturated carbocycles. The van der Waals surface area contributed by atoms with Crippen molar-refractivity contribution >= 4 is 0 Å². The van der Waals surface area contributed by atoms with E-state index in [0.717, 1.165) is 24.2 Å². The summed E-state index contributed by atoms with van der Waals surface area (Å²) in [5.74, 6) is 1.34. The minimum Gasteiger partial charge on any atom is -0.508 e. The highest BCUT2D eigenvalue weighted by atomic mass is 16.5. The third kappa shape index (κ3) is 4.76. The fourth-order valence-corrected chi connectivity index (χ4v) is 3.16. The van der Waals surface area contributed by atoms with Gasteiger partial charge in [0.15, 0.2) is 0 Å². The van der Waals surface area contributed by atoms with Crippen molar-refractivity contribution in [2.75, 3.05) is 6.61 Å². The Kier molecular flexibility index (Phi) is 6.49. The van der Waals surface area contributed by atoms with Crippen molar-refractivity contribution in [1.82, 2.24) is 0 Å². The summed E-state index contributed by atoms with van der Waals surface area (Å²) >= 11 is 0. The first-order valence-corrected chi connectivity index (χ1v) is 9.09. The Morgan fingerprint density at radius 1 is 0.880 bits per heavy atom. The molecule has 2 aromatic carbocycles. The van der Waals surface area contributed by atoms with Crippen LogP contribution in [0.3, 0.4) is 0 Å². The van der Waals surface area contributed by atoms with Gasteiger partial charge in [-0.25, -0.2) is 0 Å². The van der Waals surface area contributed by atoms with Gasteiger partial charge in [0.2, 0.25) is 0 Å². The van der Waals surface area contributed by atoms with Gasteiger partial charge in [-0.15, -0.1) is 0 Å². The molecule has 0 aliphatic heterocycles. The molecule has 1 unspecified atom stereocenters. The molecule has 0 aromatic heterocycles. The molecular formula is C22H30O3. The molecule has 136 valence electrons. The first-order valence-electron chi connectivity index (χ1n) is 9.09. The van der Waals surface area contributed by atoms with Crippen LogP contribution in [0.15, 0.2) is 48.5 Å². The topological polar surface area (TPSA) is 49.7 Å². The number of hydrogen-bond acceptors (Lipinski definition) is 3. The summed E-state index contributed by atoms with van der Waals surface area (Å²) in [4.78, 5) is 0. The highest BCUT2D eigenvalue weighted by Crippen LogP contribution is 2.33. The fourth-order valence-electron chi connectivity index (χ4n) is 3.16. The minimum atomic E-state index is -0.428. The predicted molar refractivity (Wildman–Crippen MR) is 102 cm³/mol. The second-order valence-electron chi connectivity index (χ2n) is 7.15. The zero-order valence-corrected chi connectivity index (χ0v) is 15.7. The second-order valence-corrected chi connectivity index (χ2v) is 7.15. The average molecular weight is 342 g/mol. The van der Waals surface area contributed by atoms with E-state index >= 15 is 0 Å². The normalized spacial score (nSPS) is 13.0. The SMILES string of the molecule is CCC(CC)C(O)COc1ccc(C(C)(C)c2ccc(O)cc2)cc1. The van der Waals surface area contributed by atoms with Gasteiger partial charge < -0.3 is 14.9 Å². The van der Waals surface area contributed by atoms with Crippen LogP contribution in [0.4, 0.5) is 0 Å². The van der Waals surface area contributed by atoms with E-state index in [4.69, 9.17) is 4.74 Å². The van der Waals surface area contributed by atoms with Crippen molar-refractivity contribution in [2.45, 2.75) is 52.1 Å². The van der Waals surface area contributed by atoms with E-state index in [2.05, 4.69) is 39.8 Å². The zero-order chi connectivity index (χ0) is 18.4. The predicted octanol–water partition coefficient (Wildman–Crippen LogP) is 4.89. The number of ether oxygens (including phenoxy) is 1. The molecule has 0 heterocycles. The largest absolute Gasteiger partial charge is 0.508 e. The van der Waals surface area contributed by atoms with Gasteiger partial charge in [-0.3, -0.25) is 0 Å². The first kappa shape index (κ1) is 19.3. The molecular weight excluding hydrogens is 312 g/mol. The fraction of sp³-hybridized carbons (Fsp3) is 0.455. The third-order valence-corrected chi connectivity index (χ3v) is 5.18. The molecule has 0 fully saturated rings. The van der Waals surface area contributed by atoms with Crippen LogP contribution in [0.25, 0.3) is 0 Å². The van der Waals surface area contributed by atoms with Gasteiger partial charge in [-0.05, 0) is 41.3 Å². The van der Waals surface area contributed by atoms with Gasteiger partial charge in [-0.1, -0.05) is 64.8 Å². The van der Waals surface area contributed by atoms with Crippen LogP contribution < -0.4 is 4.74 Å². The number of aromatic hydroxyl groups is 1. The van der Waals surface area contributed by atoms with Crippen molar-refractivity contribution in [1.29, 1.82) is 0 Å². The quantitative estimate of drug-likeness (QED) is 0.718. The molecule has 3 nitrogen and oxygen atoms in total. The molecule has 1 atom stereocenters. The highest BCUT2D eigenvalue weighted by molar-refractivity contribution is 5.41. The van der Waals surface area contributed by atoms with Crippen molar-refractivity contribution in [2.24, 2.45) is 5.92 Å². The monoisotopic (exact) mass is 342 g/mol. The summed E-state index contributed by atoms with van der Waals surface area (Å²) < 4.78 is 5.76. The van der Waals surface area contributed by atoms with E-state index in [9.17, 15) is 10.2 Å². The second kappa shape index (κ2) is 8.39. The van der Waals surface area contributed by atoms with E-state index in [0.29, 0.717) is 6.61 Å². The number of hydrogen-bond donors (Lipinski definition) is 2. The number of rotatable bonds is 8. The molecule has 0 aliphatic rings. The van der Waals surface area contributed by atoms with Gasteiger partial charge in [0.1, 0.15) is 18.1 Å². The van der Waals surface area contributed by atoms with Crippen LogP contribution >= 0.6 is 0 Å². The Labute approximate surface area is 151 Å². The van der Waals surface area contributed by atoms with Crippen LogP contribution in [0.5, 0.6) is 11.5 Å². The number of aliphatic hydroxyl groups is 1. The number of phenols is 1. The van der Waals surface area contributed by atoms with Crippen molar-refractivity contribution in [3.8, 4) is 11.5 Å². The smallest absolute Gasteiger partial charge is 0.119 e. The lowest BCUT2D eigenvalue weighted by molar-refractivity contribution is 0.0536. The average Bonchev–Trinajstić information content (AvgIpc) is 2.61. The molecule has 3 heteroatoms. The van der Waals surface area contributed by atoms with Crippen molar-refractivity contribution in [3.63, 3.8) is 0 Å². The summed E-state index contributed by atoms with van der Waals surface area (Å²) in [5.41, 5.74) is 2.15. The number of benzene rings is 2. The van der Waals surface area contributed by atoms with E-state index in [1.807, 2.05) is 24.3 Å². The van der Waals surface area contributed by atoms with E-state index in [1.165, 1.54) is 5.56 Å². The zero-order valence-electron chi connectivity index (χ0n) is 15.7. The van der Waals surface area contributed by atoms with E-state index in [-0.39, 0.29) is 17.1 Å². The van der Waals surface area contributed by atoms with Crippen LogP contribution in [0.1, 0.15) is 51.7 Å². The van der Waals surface area contributed by atoms with Crippen LogP contribution in [0, 0.1) is 5.92 Å². The lowest BCUT2D eigenvalue weighted by atomic mass is 9.78. The summed E-state index contributed by atoms with van der Waals surface area (Å²) in [6.45, 7) is 8.83. The molecule has 0 amide bonds. The Morgan fingerprint density at radius 2 is 1.36 bits per heavy atom. The van der Waals surface area contributed by atoms with Crippen LogP contribution in [0.2, 0.25) is 0 Å². The molecule has 2 N–H and O–H groups in total. The molecule has 2 rings (SSSR count). The van der Waals surface area contributed by atoms with Crippen LogP contribution in [-0.4, -0.2) is 22.9 Å². The number of phenolic OH excluding ortho intramolecular Hbond substituents is 1. The summed E-state index contributed by atoms with van der Waals surface area (Å²) in [6, 6.07) is 15.4. The van der Waals surface area contributed by atoms with Gasteiger partial charge >= 0.3 is 0 Å². The molecule has 2 aromatic rings. The maximum Gasteiger partial charge on any atom is 0.119 e. The van der Waals surface area contributed by atoms with Crippen molar-refractivity contribution < 1.29 is 14.9 Å². The first-order chi connectivity index (χ1) is 11.9. The van der Waals surface area contributed by atoms with E-state index in [1.54, 1.807) is 12.1 Å². The molecule has 0 radical (unpaired) electrons. The maximum atomic E-state index is 10.2. The highest BCUT2D eigenvalue weighted by Gasteiger charge is 2.23. The summed E-state index contributed by atoms with van der Waals surface area (Å²) in [6.07, 6.45) is 1.49. The molecule has 25 heavy (non-hydrogen) atoms. The Balaban J connectivity index is 2.05. The van der Waals surface area contributed by atoms with Gasteiger partial charge in [0.25, 0.3) is 0 Å². The number of aliphatic hydroxyl groups excluding tert-OH is 1. The lowest BCUT2D eigenvalue weighted by Gasteiger charge is -2.26. The summed E-state index contributed by atoms with van der Waals surface area (Å²) in [5, 5.41) is 19.7. The van der Waals surface area contributed by atoms with Gasteiger partial charge in [-0.2, -0.15) is 0 Å². The Bertz CT molecular complexity index is 640. The maximum absolute atomic E-state index is 10.2. The van der Waals surface area contributed by atoms with Gasteiger partial charge in [0.05, 0.1) is 6.10 Å². The Hall–Kier alpha value is -2.00. The lowest BCUT2D eigenvalue weighted by Crippen LogP contribution is -2.26. The molecule has 0 saturated heterocycles.